The second kappa shape index (κ2) is 3.06. The first-order valence-electron chi connectivity index (χ1n) is 2.44. The lowest BCUT2D eigenvalue weighted by atomic mass is 10.7. The minimum Gasteiger partial charge on any atom is -0.301 e. The molecule has 0 bridgehead atoms. The molecule has 1 aliphatic rings. The fourth-order valence-electron chi connectivity index (χ4n) is 0.519. The molecule has 1 heterocycles. The lowest BCUT2D eigenvalue weighted by Crippen LogP contribution is -2.41. The Morgan fingerprint density at radius 3 is 3.00 bits per heavy atom. The van der Waals surface area contributed by atoms with Crippen molar-refractivity contribution in [2.45, 2.75) is 5.37 Å². The quantitative estimate of drug-likeness (QED) is 0.465. The summed E-state index contributed by atoms with van der Waals surface area (Å²) in [5.41, 5.74) is 0. The molecule has 3 nitrogen and oxygen atoms in total. The first-order valence-corrected chi connectivity index (χ1v) is 3.49. The van der Waals surface area contributed by atoms with Crippen LogP contribution in [0.1, 0.15) is 0 Å². The summed E-state index contributed by atoms with van der Waals surface area (Å²) >= 11 is 1.57. The number of hydrogen-bond donors (Lipinski definition) is 2. The average Bonchev–Trinajstić information content (AvgIpc) is 1.90. The van der Waals surface area contributed by atoms with Gasteiger partial charge in [-0.2, -0.15) is 0 Å². The van der Waals surface area contributed by atoms with Crippen LogP contribution in [0.5, 0.6) is 0 Å². The lowest BCUT2D eigenvalue weighted by Gasteiger charge is -2.18. The van der Waals surface area contributed by atoms with Crippen LogP contribution in [0.2, 0.25) is 0 Å². The van der Waals surface area contributed by atoms with Crippen LogP contribution in [0.4, 0.5) is 0 Å². The molecule has 0 aliphatic carbocycles. The summed E-state index contributed by atoms with van der Waals surface area (Å²) in [6, 6.07) is 0. The topological polar surface area (TPSA) is 41.1 Å². The van der Waals surface area contributed by atoms with Crippen molar-refractivity contribution in [2.24, 2.45) is 0 Å². The predicted molar refractivity (Wildman–Crippen MR) is 33.4 cm³/mol. The highest BCUT2D eigenvalue weighted by Gasteiger charge is 2.08. The molecule has 0 aromatic carbocycles. The summed E-state index contributed by atoms with van der Waals surface area (Å²) in [6.07, 6.45) is 0.922. The van der Waals surface area contributed by atoms with Gasteiger partial charge in [0.05, 0.1) is 0 Å². The third kappa shape index (κ3) is 1.47. The number of carbonyl (C=O) groups is 1. The normalized spacial score (nSPS) is 29.8. The highest BCUT2D eigenvalue weighted by atomic mass is 32.2. The summed E-state index contributed by atoms with van der Waals surface area (Å²) in [4.78, 5) is 10.0. The molecule has 1 aliphatic heterocycles. The zero-order chi connectivity index (χ0) is 5.82. The lowest BCUT2D eigenvalue weighted by molar-refractivity contribution is -0.107. The van der Waals surface area contributed by atoms with Crippen molar-refractivity contribution in [3.05, 3.63) is 0 Å². The fraction of sp³-hybridized carbons (Fsp3) is 0.750. The Kier molecular flexibility index (Phi) is 2.32. The average molecular weight is 132 g/mol. The maximum absolute atomic E-state index is 10.0. The van der Waals surface area contributed by atoms with Gasteiger partial charge in [-0.3, -0.25) is 10.6 Å². The van der Waals surface area contributed by atoms with Crippen LogP contribution in [0, 0.1) is 0 Å². The van der Waals surface area contributed by atoms with Crippen molar-refractivity contribution in [2.75, 3.05) is 12.5 Å². The Labute approximate surface area is 52.2 Å². The van der Waals surface area contributed by atoms with Crippen LogP contribution in [0.15, 0.2) is 0 Å². The first-order chi connectivity index (χ1) is 3.93. The highest BCUT2D eigenvalue weighted by Crippen LogP contribution is 2.05. The maximum atomic E-state index is 10.0. The molecule has 0 amide bonds. The molecule has 1 rings (SSSR count). The zero-order valence-corrected chi connectivity index (χ0v) is 5.20. The minimum atomic E-state index is 0.0104. The Morgan fingerprint density at radius 2 is 2.62 bits per heavy atom. The SMILES string of the molecule is O=CC1NCNCS1. The predicted octanol–water partition coefficient (Wildman–Crippen LogP) is -0.648. The number of carbonyl (C=O) groups excluding carboxylic acids is 1. The van der Waals surface area contributed by atoms with Crippen LogP contribution >= 0.6 is 11.8 Å². The van der Waals surface area contributed by atoms with Crippen molar-refractivity contribution in [3.63, 3.8) is 0 Å². The molecule has 0 aromatic heterocycles. The van der Waals surface area contributed by atoms with E-state index in [1.54, 1.807) is 11.8 Å². The van der Waals surface area contributed by atoms with E-state index in [1.165, 1.54) is 0 Å². The summed E-state index contributed by atoms with van der Waals surface area (Å²) < 4.78 is 0. The zero-order valence-electron chi connectivity index (χ0n) is 4.39. The summed E-state index contributed by atoms with van der Waals surface area (Å²) in [5, 5.41) is 6.00. The summed E-state index contributed by atoms with van der Waals surface area (Å²) in [6.45, 7) is 0.746. The van der Waals surface area contributed by atoms with Gasteiger partial charge in [-0.05, 0) is 0 Å². The molecule has 4 heteroatoms. The van der Waals surface area contributed by atoms with Crippen molar-refractivity contribution >= 4 is 18.0 Å². The van der Waals surface area contributed by atoms with Gasteiger partial charge in [-0.1, -0.05) is 0 Å². The van der Waals surface area contributed by atoms with E-state index in [0.717, 1.165) is 18.8 Å². The Hall–Kier alpha value is -0.0600. The summed E-state index contributed by atoms with van der Waals surface area (Å²) in [5.74, 6) is 0.871. The minimum absolute atomic E-state index is 0.0104. The van der Waals surface area contributed by atoms with Crippen LogP contribution < -0.4 is 10.6 Å². The van der Waals surface area contributed by atoms with Crippen LogP contribution in [-0.2, 0) is 4.79 Å². The van der Waals surface area contributed by atoms with E-state index >= 15 is 0 Å². The van der Waals surface area contributed by atoms with E-state index in [4.69, 9.17) is 0 Å². The molecular weight excluding hydrogens is 124 g/mol. The van der Waals surface area contributed by atoms with Gasteiger partial charge in [0, 0.05) is 12.5 Å². The number of nitrogens with one attached hydrogen (secondary N) is 2. The largest absolute Gasteiger partial charge is 0.301 e. The van der Waals surface area contributed by atoms with Crippen LogP contribution in [0.25, 0.3) is 0 Å². The molecule has 0 aromatic rings. The molecule has 1 saturated heterocycles. The van der Waals surface area contributed by atoms with Gasteiger partial charge in [0.25, 0.3) is 0 Å². The number of thioether (sulfide) groups is 1. The van der Waals surface area contributed by atoms with E-state index in [0.29, 0.717) is 0 Å². The van der Waals surface area contributed by atoms with Crippen LogP contribution in [0.3, 0.4) is 0 Å². The molecule has 1 atom stereocenters. The molecule has 0 spiro atoms. The first kappa shape index (κ1) is 6.07. The molecule has 0 radical (unpaired) electrons. The molecule has 2 N–H and O–H groups in total. The molecule has 0 saturated carbocycles. The van der Waals surface area contributed by atoms with Gasteiger partial charge in [0.15, 0.2) is 0 Å². The van der Waals surface area contributed by atoms with Gasteiger partial charge >= 0.3 is 0 Å². The van der Waals surface area contributed by atoms with E-state index in [9.17, 15) is 4.79 Å². The van der Waals surface area contributed by atoms with E-state index in [2.05, 4.69) is 10.6 Å². The van der Waals surface area contributed by atoms with E-state index < -0.39 is 0 Å². The number of hydrogen-bond acceptors (Lipinski definition) is 4. The molecule has 46 valence electrons. The summed E-state index contributed by atoms with van der Waals surface area (Å²) in [7, 11) is 0. The van der Waals surface area contributed by atoms with Crippen molar-refractivity contribution < 1.29 is 4.79 Å². The van der Waals surface area contributed by atoms with E-state index in [1.807, 2.05) is 0 Å². The van der Waals surface area contributed by atoms with Gasteiger partial charge in [-0.25, -0.2) is 0 Å². The van der Waals surface area contributed by atoms with Gasteiger partial charge < -0.3 is 4.79 Å². The highest BCUT2D eigenvalue weighted by molar-refractivity contribution is 8.00. The van der Waals surface area contributed by atoms with Crippen molar-refractivity contribution in [1.82, 2.24) is 10.6 Å². The smallest absolute Gasteiger partial charge is 0.147 e. The standard InChI is InChI=1S/C4H8N2OS/c7-1-4-6-2-5-3-8-4/h1,4-6H,2-3H2. The van der Waals surface area contributed by atoms with Gasteiger partial charge in [0.2, 0.25) is 0 Å². The Morgan fingerprint density at radius 1 is 1.75 bits per heavy atom. The Bertz CT molecular complexity index is 82.1. The van der Waals surface area contributed by atoms with Gasteiger partial charge in [0.1, 0.15) is 11.7 Å². The van der Waals surface area contributed by atoms with E-state index in [-0.39, 0.29) is 5.37 Å². The molecule has 1 fully saturated rings. The monoisotopic (exact) mass is 132 g/mol. The van der Waals surface area contributed by atoms with Crippen molar-refractivity contribution in [3.8, 4) is 0 Å². The third-order valence-electron chi connectivity index (χ3n) is 0.917. The third-order valence-corrected chi connectivity index (χ3v) is 1.92. The molecule has 8 heavy (non-hydrogen) atoms. The maximum Gasteiger partial charge on any atom is 0.147 e. The van der Waals surface area contributed by atoms with Crippen LogP contribution in [-0.4, -0.2) is 24.2 Å². The van der Waals surface area contributed by atoms with Gasteiger partial charge in [-0.15, -0.1) is 11.8 Å². The molecular formula is C4H8N2OS. The second-order valence-corrected chi connectivity index (χ2v) is 2.63. The second-order valence-electron chi connectivity index (χ2n) is 1.50. The number of rotatable bonds is 1. The fourth-order valence-corrected chi connectivity index (χ4v) is 1.20. The number of aldehydes is 1. The molecule has 1 unspecified atom stereocenters. The Balaban J connectivity index is 2.22. The van der Waals surface area contributed by atoms with Crippen molar-refractivity contribution in [1.29, 1.82) is 0 Å².